The number of hydrogen-bond donors (Lipinski definition) is 3. The first-order valence-corrected chi connectivity index (χ1v) is 8.38. The number of carbonyl (C=O) groups excluding carboxylic acids is 2. The van der Waals surface area contributed by atoms with E-state index in [-0.39, 0.29) is 18.7 Å². The van der Waals surface area contributed by atoms with Crippen LogP contribution in [0.15, 0.2) is 18.2 Å². The molecule has 1 aromatic carbocycles. The van der Waals surface area contributed by atoms with Gasteiger partial charge in [0.05, 0.1) is 0 Å². The smallest absolute Gasteiger partial charge is 0.243 e. The Hall–Kier alpha value is -1.30. The van der Waals surface area contributed by atoms with Crippen LogP contribution in [0.4, 0.5) is 0 Å². The van der Waals surface area contributed by atoms with E-state index in [4.69, 9.17) is 28.4 Å². The molecule has 0 aliphatic heterocycles. The molecule has 0 spiro atoms. The van der Waals surface area contributed by atoms with E-state index < -0.39 is 11.8 Å². The van der Waals surface area contributed by atoms with Crippen molar-refractivity contribution in [3.05, 3.63) is 33.8 Å². The number of halogens is 2. The maximum absolute atomic E-state index is 12.1. The number of amides is 2. The van der Waals surface area contributed by atoms with Crippen LogP contribution < -0.4 is 10.8 Å². The molecule has 0 aliphatic carbocycles. The Kier molecular flexibility index (Phi) is 8.99. The van der Waals surface area contributed by atoms with Crippen molar-refractivity contribution >= 4 is 35.0 Å². The minimum atomic E-state index is -0.570. The Bertz CT molecular complexity index is 538. The lowest BCUT2D eigenvalue weighted by Gasteiger charge is -2.18. The van der Waals surface area contributed by atoms with Crippen molar-refractivity contribution in [2.45, 2.75) is 44.9 Å². The molecule has 0 radical (unpaired) electrons. The Morgan fingerprint density at radius 1 is 1.17 bits per heavy atom. The van der Waals surface area contributed by atoms with Gasteiger partial charge in [-0.25, -0.2) is 5.48 Å². The van der Waals surface area contributed by atoms with Crippen LogP contribution in [0.2, 0.25) is 10.0 Å². The SMILES string of the molecule is CCCCCNC(=O)CC(CC(=O)NO)c1ccc(Cl)cc1Cl. The third-order valence-corrected chi connectivity index (χ3v) is 4.06. The normalized spacial score (nSPS) is 11.8. The van der Waals surface area contributed by atoms with Gasteiger partial charge in [-0.05, 0) is 24.1 Å². The largest absolute Gasteiger partial charge is 0.356 e. The van der Waals surface area contributed by atoms with Crippen LogP contribution in [0.3, 0.4) is 0 Å². The molecule has 1 aromatic rings. The lowest BCUT2D eigenvalue weighted by Crippen LogP contribution is -2.28. The summed E-state index contributed by atoms with van der Waals surface area (Å²) in [4.78, 5) is 23.6. The van der Waals surface area contributed by atoms with Gasteiger partial charge in [-0.15, -0.1) is 0 Å². The fourth-order valence-electron chi connectivity index (χ4n) is 2.29. The Balaban J connectivity index is 2.76. The second-order valence-electron chi connectivity index (χ2n) is 5.36. The molecule has 0 heterocycles. The van der Waals surface area contributed by atoms with Crippen LogP contribution in [-0.4, -0.2) is 23.6 Å². The molecule has 0 aliphatic rings. The van der Waals surface area contributed by atoms with Crippen molar-refractivity contribution in [2.24, 2.45) is 0 Å². The highest BCUT2D eigenvalue weighted by Gasteiger charge is 2.21. The predicted molar refractivity (Wildman–Crippen MR) is 90.9 cm³/mol. The molecular formula is C16H22Cl2N2O3. The fourth-order valence-corrected chi connectivity index (χ4v) is 2.86. The van der Waals surface area contributed by atoms with Gasteiger partial charge in [0.2, 0.25) is 11.8 Å². The predicted octanol–water partition coefficient (Wildman–Crippen LogP) is 3.67. The van der Waals surface area contributed by atoms with Crippen molar-refractivity contribution in [2.75, 3.05) is 6.54 Å². The van der Waals surface area contributed by atoms with Crippen molar-refractivity contribution in [3.63, 3.8) is 0 Å². The number of nitrogens with one attached hydrogen (secondary N) is 2. The number of benzene rings is 1. The minimum absolute atomic E-state index is 0.0414. The van der Waals surface area contributed by atoms with Gasteiger partial charge >= 0.3 is 0 Å². The zero-order valence-electron chi connectivity index (χ0n) is 13.1. The lowest BCUT2D eigenvalue weighted by atomic mass is 9.91. The summed E-state index contributed by atoms with van der Waals surface area (Å²) in [5.74, 6) is -1.15. The minimum Gasteiger partial charge on any atom is -0.356 e. The van der Waals surface area contributed by atoms with Gasteiger partial charge in [-0.3, -0.25) is 14.8 Å². The summed E-state index contributed by atoms with van der Waals surface area (Å²) < 4.78 is 0. The van der Waals surface area contributed by atoms with Crippen LogP contribution in [0.1, 0.15) is 50.5 Å². The molecule has 1 atom stereocenters. The molecule has 0 fully saturated rings. The molecule has 3 N–H and O–H groups in total. The van der Waals surface area contributed by atoms with Crippen LogP contribution in [0, 0.1) is 0 Å². The maximum atomic E-state index is 12.1. The first-order valence-electron chi connectivity index (χ1n) is 7.62. The quantitative estimate of drug-likeness (QED) is 0.357. The third kappa shape index (κ3) is 7.20. The molecule has 0 aromatic heterocycles. The summed E-state index contributed by atoms with van der Waals surface area (Å²) in [7, 11) is 0. The van der Waals surface area contributed by atoms with Gasteiger partial charge in [0.25, 0.3) is 0 Å². The molecule has 2 amide bonds. The zero-order chi connectivity index (χ0) is 17.2. The Morgan fingerprint density at radius 3 is 2.48 bits per heavy atom. The summed E-state index contributed by atoms with van der Waals surface area (Å²) >= 11 is 12.0. The van der Waals surface area contributed by atoms with Crippen molar-refractivity contribution in [3.8, 4) is 0 Å². The second kappa shape index (κ2) is 10.5. The number of rotatable bonds is 9. The molecule has 128 valence electrons. The molecular weight excluding hydrogens is 339 g/mol. The van der Waals surface area contributed by atoms with E-state index >= 15 is 0 Å². The lowest BCUT2D eigenvalue weighted by molar-refractivity contribution is -0.129. The van der Waals surface area contributed by atoms with Crippen LogP contribution in [0.5, 0.6) is 0 Å². The molecule has 0 bridgehead atoms. The van der Waals surface area contributed by atoms with Crippen LogP contribution in [0.25, 0.3) is 0 Å². The molecule has 0 saturated carbocycles. The number of hydroxylamine groups is 1. The number of carbonyl (C=O) groups is 2. The Morgan fingerprint density at radius 2 is 1.87 bits per heavy atom. The molecule has 23 heavy (non-hydrogen) atoms. The molecule has 7 heteroatoms. The van der Waals surface area contributed by atoms with Gasteiger partial charge in [0, 0.05) is 35.3 Å². The van der Waals surface area contributed by atoms with Crippen LogP contribution >= 0.6 is 23.2 Å². The summed E-state index contributed by atoms with van der Waals surface area (Å²) in [6, 6.07) is 4.93. The average molecular weight is 361 g/mol. The van der Waals surface area contributed by atoms with E-state index in [2.05, 4.69) is 12.2 Å². The van der Waals surface area contributed by atoms with Crippen LogP contribution in [-0.2, 0) is 9.59 Å². The van der Waals surface area contributed by atoms with E-state index in [1.54, 1.807) is 23.7 Å². The summed E-state index contributed by atoms with van der Waals surface area (Å²) in [6.45, 7) is 2.70. The van der Waals surface area contributed by atoms with Gasteiger partial charge in [0.1, 0.15) is 0 Å². The van der Waals surface area contributed by atoms with Crippen molar-refractivity contribution in [1.29, 1.82) is 0 Å². The first kappa shape index (κ1) is 19.7. The topological polar surface area (TPSA) is 78.4 Å². The highest BCUT2D eigenvalue weighted by Crippen LogP contribution is 2.31. The highest BCUT2D eigenvalue weighted by molar-refractivity contribution is 6.35. The van der Waals surface area contributed by atoms with Gasteiger partial charge in [0.15, 0.2) is 0 Å². The third-order valence-electron chi connectivity index (χ3n) is 3.49. The zero-order valence-corrected chi connectivity index (χ0v) is 14.6. The van der Waals surface area contributed by atoms with Gasteiger partial charge in [-0.2, -0.15) is 0 Å². The van der Waals surface area contributed by atoms with E-state index in [1.165, 1.54) is 0 Å². The van der Waals surface area contributed by atoms with E-state index in [0.717, 1.165) is 19.3 Å². The Labute approximate surface area is 146 Å². The van der Waals surface area contributed by atoms with Crippen molar-refractivity contribution < 1.29 is 14.8 Å². The van der Waals surface area contributed by atoms with E-state index in [1.807, 2.05) is 0 Å². The summed E-state index contributed by atoms with van der Waals surface area (Å²) in [5, 5.41) is 12.4. The monoisotopic (exact) mass is 360 g/mol. The average Bonchev–Trinajstić information content (AvgIpc) is 2.51. The summed E-state index contributed by atoms with van der Waals surface area (Å²) in [6.07, 6.45) is 3.13. The fraction of sp³-hybridized carbons (Fsp3) is 0.500. The van der Waals surface area contributed by atoms with Gasteiger partial charge in [-0.1, -0.05) is 49.0 Å². The van der Waals surface area contributed by atoms with E-state index in [0.29, 0.717) is 22.2 Å². The highest BCUT2D eigenvalue weighted by atomic mass is 35.5. The van der Waals surface area contributed by atoms with Gasteiger partial charge < -0.3 is 5.32 Å². The first-order chi connectivity index (χ1) is 11.0. The number of hydrogen-bond acceptors (Lipinski definition) is 3. The van der Waals surface area contributed by atoms with Crippen molar-refractivity contribution in [1.82, 2.24) is 10.8 Å². The summed E-state index contributed by atoms with van der Waals surface area (Å²) in [5.41, 5.74) is 2.25. The van der Waals surface area contributed by atoms with E-state index in [9.17, 15) is 9.59 Å². The molecule has 0 saturated heterocycles. The number of unbranched alkanes of at least 4 members (excludes halogenated alkanes) is 2. The molecule has 1 unspecified atom stereocenters. The second-order valence-corrected chi connectivity index (χ2v) is 6.21. The molecule has 1 rings (SSSR count). The maximum Gasteiger partial charge on any atom is 0.243 e. The molecule has 5 nitrogen and oxygen atoms in total. The standard InChI is InChI=1S/C16H22Cl2N2O3/c1-2-3-4-7-19-15(21)8-11(9-16(22)20-23)13-6-5-12(17)10-14(13)18/h5-6,10-11,23H,2-4,7-9H2,1H3,(H,19,21)(H,20,22).